The SMILES string of the molecule is CCCCCOc1ccc(C(=O)N2CCC(C(=O)O)C2)cc1. The van der Waals surface area contributed by atoms with Crippen molar-refractivity contribution in [1.29, 1.82) is 0 Å². The molecule has 1 aromatic rings. The molecule has 0 aromatic heterocycles. The van der Waals surface area contributed by atoms with E-state index in [9.17, 15) is 9.59 Å². The molecule has 1 saturated heterocycles. The van der Waals surface area contributed by atoms with Crippen LogP contribution in [0.2, 0.25) is 0 Å². The van der Waals surface area contributed by atoms with Crippen LogP contribution in [0.1, 0.15) is 43.0 Å². The van der Waals surface area contributed by atoms with E-state index < -0.39 is 11.9 Å². The van der Waals surface area contributed by atoms with Crippen molar-refractivity contribution in [3.63, 3.8) is 0 Å². The van der Waals surface area contributed by atoms with Crippen LogP contribution in [0, 0.1) is 5.92 Å². The second kappa shape index (κ2) is 7.82. The molecule has 1 fully saturated rings. The molecule has 0 aliphatic carbocycles. The number of likely N-dealkylation sites (tertiary alicyclic amines) is 1. The molecule has 2 rings (SSSR count). The predicted molar refractivity (Wildman–Crippen MR) is 83.1 cm³/mol. The monoisotopic (exact) mass is 305 g/mol. The molecule has 0 radical (unpaired) electrons. The average Bonchev–Trinajstić information content (AvgIpc) is 3.02. The highest BCUT2D eigenvalue weighted by Gasteiger charge is 2.31. The quantitative estimate of drug-likeness (QED) is 0.787. The summed E-state index contributed by atoms with van der Waals surface area (Å²) in [6, 6.07) is 7.07. The minimum Gasteiger partial charge on any atom is -0.494 e. The van der Waals surface area contributed by atoms with Crippen LogP contribution in [0.25, 0.3) is 0 Å². The number of rotatable bonds is 7. The molecule has 0 bridgehead atoms. The van der Waals surface area contributed by atoms with Crippen LogP contribution in [-0.4, -0.2) is 41.6 Å². The van der Waals surface area contributed by atoms with Gasteiger partial charge in [0.1, 0.15) is 5.75 Å². The zero-order valence-corrected chi connectivity index (χ0v) is 13.0. The molecule has 1 N–H and O–H groups in total. The van der Waals surface area contributed by atoms with E-state index in [2.05, 4.69) is 6.92 Å². The number of carbonyl (C=O) groups excluding carboxylic acids is 1. The summed E-state index contributed by atoms with van der Waals surface area (Å²) in [4.78, 5) is 24.9. The number of ether oxygens (including phenoxy) is 1. The van der Waals surface area contributed by atoms with Gasteiger partial charge in [0.05, 0.1) is 12.5 Å². The molecule has 1 aromatic carbocycles. The highest BCUT2D eigenvalue weighted by atomic mass is 16.5. The molecule has 22 heavy (non-hydrogen) atoms. The molecule has 1 aliphatic rings. The smallest absolute Gasteiger partial charge is 0.308 e. The van der Waals surface area contributed by atoms with Gasteiger partial charge in [0.25, 0.3) is 5.91 Å². The van der Waals surface area contributed by atoms with Crippen molar-refractivity contribution in [2.75, 3.05) is 19.7 Å². The number of unbranched alkanes of at least 4 members (excludes halogenated alkanes) is 2. The van der Waals surface area contributed by atoms with Gasteiger partial charge in [-0.1, -0.05) is 19.8 Å². The fraction of sp³-hybridized carbons (Fsp3) is 0.529. The molecule has 0 saturated carbocycles. The normalized spacial score (nSPS) is 17.5. The lowest BCUT2D eigenvalue weighted by Gasteiger charge is -2.16. The summed E-state index contributed by atoms with van der Waals surface area (Å²) >= 11 is 0. The molecule has 5 heteroatoms. The minimum atomic E-state index is -0.828. The summed E-state index contributed by atoms with van der Waals surface area (Å²) in [7, 11) is 0. The Labute approximate surface area is 130 Å². The Morgan fingerprint density at radius 3 is 2.59 bits per heavy atom. The number of carbonyl (C=O) groups is 2. The fourth-order valence-corrected chi connectivity index (χ4v) is 2.56. The maximum atomic E-state index is 12.3. The van der Waals surface area contributed by atoms with Crippen LogP contribution in [0.3, 0.4) is 0 Å². The topological polar surface area (TPSA) is 66.8 Å². The first kappa shape index (κ1) is 16.3. The second-order valence-corrected chi connectivity index (χ2v) is 5.65. The third kappa shape index (κ3) is 4.23. The largest absolute Gasteiger partial charge is 0.494 e. The van der Waals surface area contributed by atoms with Crippen molar-refractivity contribution >= 4 is 11.9 Å². The van der Waals surface area contributed by atoms with Gasteiger partial charge in [0.15, 0.2) is 0 Å². The van der Waals surface area contributed by atoms with Crippen molar-refractivity contribution in [1.82, 2.24) is 4.90 Å². The lowest BCUT2D eigenvalue weighted by molar-refractivity contribution is -0.141. The molecular weight excluding hydrogens is 282 g/mol. The molecule has 120 valence electrons. The molecule has 1 amide bonds. The Morgan fingerprint density at radius 1 is 1.27 bits per heavy atom. The van der Waals surface area contributed by atoms with Crippen LogP contribution in [0.5, 0.6) is 5.75 Å². The van der Waals surface area contributed by atoms with Gasteiger partial charge >= 0.3 is 5.97 Å². The van der Waals surface area contributed by atoms with Crippen LogP contribution >= 0.6 is 0 Å². The van der Waals surface area contributed by atoms with E-state index in [1.54, 1.807) is 29.2 Å². The third-order valence-electron chi connectivity index (χ3n) is 3.94. The molecule has 0 spiro atoms. The summed E-state index contributed by atoms with van der Waals surface area (Å²) in [5.74, 6) is -0.616. The number of carboxylic acid groups (broad SMARTS) is 1. The van der Waals surface area contributed by atoms with Crippen LogP contribution in [0.15, 0.2) is 24.3 Å². The van der Waals surface area contributed by atoms with E-state index in [0.717, 1.165) is 25.0 Å². The molecular formula is C17H23NO4. The maximum Gasteiger partial charge on any atom is 0.308 e. The highest BCUT2D eigenvalue weighted by Crippen LogP contribution is 2.20. The van der Waals surface area contributed by atoms with Crippen molar-refractivity contribution in [3.8, 4) is 5.75 Å². The molecule has 1 heterocycles. The number of hydrogen-bond donors (Lipinski definition) is 1. The van der Waals surface area contributed by atoms with E-state index in [-0.39, 0.29) is 5.91 Å². The van der Waals surface area contributed by atoms with Crippen molar-refractivity contribution in [2.45, 2.75) is 32.6 Å². The Kier molecular flexibility index (Phi) is 5.81. The zero-order chi connectivity index (χ0) is 15.9. The summed E-state index contributed by atoms with van der Waals surface area (Å²) in [5, 5.41) is 8.99. The number of nitrogens with zero attached hydrogens (tertiary/aromatic N) is 1. The molecule has 1 aliphatic heterocycles. The van der Waals surface area contributed by atoms with E-state index in [1.165, 1.54) is 0 Å². The number of benzene rings is 1. The van der Waals surface area contributed by atoms with Crippen molar-refractivity contribution in [2.24, 2.45) is 5.92 Å². The lowest BCUT2D eigenvalue weighted by atomic mass is 10.1. The van der Waals surface area contributed by atoms with Crippen LogP contribution < -0.4 is 4.74 Å². The number of amides is 1. The summed E-state index contributed by atoms with van der Waals surface area (Å²) in [6.45, 7) is 3.63. The third-order valence-corrected chi connectivity index (χ3v) is 3.94. The van der Waals surface area contributed by atoms with Gasteiger partial charge in [-0.2, -0.15) is 0 Å². The first-order chi connectivity index (χ1) is 10.6. The van der Waals surface area contributed by atoms with Gasteiger partial charge in [-0.05, 0) is 37.1 Å². The van der Waals surface area contributed by atoms with E-state index in [4.69, 9.17) is 9.84 Å². The zero-order valence-electron chi connectivity index (χ0n) is 13.0. The average molecular weight is 305 g/mol. The Hall–Kier alpha value is -2.04. The first-order valence-electron chi connectivity index (χ1n) is 7.86. The highest BCUT2D eigenvalue weighted by molar-refractivity contribution is 5.94. The fourth-order valence-electron chi connectivity index (χ4n) is 2.56. The van der Waals surface area contributed by atoms with Gasteiger partial charge in [-0.25, -0.2) is 0 Å². The maximum absolute atomic E-state index is 12.3. The lowest BCUT2D eigenvalue weighted by Crippen LogP contribution is -2.29. The molecule has 1 atom stereocenters. The second-order valence-electron chi connectivity index (χ2n) is 5.65. The first-order valence-corrected chi connectivity index (χ1v) is 7.86. The standard InChI is InChI=1S/C17H23NO4/c1-2-3-4-11-22-15-7-5-13(6-8-15)16(19)18-10-9-14(12-18)17(20)21/h5-8,14H,2-4,9-12H2,1H3,(H,20,21). The molecule has 5 nitrogen and oxygen atoms in total. The number of hydrogen-bond acceptors (Lipinski definition) is 3. The van der Waals surface area contributed by atoms with Gasteiger partial charge in [0.2, 0.25) is 0 Å². The van der Waals surface area contributed by atoms with E-state index >= 15 is 0 Å². The van der Waals surface area contributed by atoms with Gasteiger partial charge < -0.3 is 14.7 Å². The van der Waals surface area contributed by atoms with Crippen molar-refractivity contribution < 1.29 is 19.4 Å². The predicted octanol–water partition coefficient (Wildman–Crippen LogP) is 2.80. The summed E-state index contributed by atoms with van der Waals surface area (Å²) < 4.78 is 5.61. The Morgan fingerprint density at radius 2 is 2.00 bits per heavy atom. The van der Waals surface area contributed by atoms with Gasteiger partial charge in [-0.3, -0.25) is 9.59 Å². The number of aliphatic carboxylic acids is 1. The van der Waals surface area contributed by atoms with Crippen LogP contribution in [0.4, 0.5) is 0 Å². The van der Waals surface area contributed by atoms with Gasteiger partial charge in [0, 0.05) is 18.7 Å². The Balaban J connectivity index is 1.87. The van der Waals surface area contributed by atoms with Crippen molar-refractivity contribution in [3.05, 3.63) is 29.8 Å². The minimum absolute atomic E-state index is 0.110. The van der Waals surface area contributed by atoms with E-state index in [0.29, 0.717) is 31.7 Å². The Bertz CT molecular complexity index is 512. The molecule has 1 unspecified atom stereocenters. The van der Waals surface area contributed by atoms with Crippen LogP contribution in [-0.2, 0) is 4.79 Å². The van der Waals surface area contributed by atoms with E-state index in [1.807, 2.05) is 0 Å². The number of carboxylic acids is 1. The summed E-state index contributed by atoms with van der Waals surface area (Å²) in [5.41, 5.74) is 0.576. The summed E-state index contributed by atoms with van der Waals surface area (Å²) in [6.07, 6.45) is 3.86. The van der Waals surface area contributed by atoms with Gasteiger partial charge in [-0.15, -0.1) is 0 Å².